The van der Waals surface area contributed by atoms with Crippen LogP contribution in [0.3, 0.4) is 0 Å². The first-order chi connectivity index (χ1) is 11.8. The van der Waals surface area contributed by atoms with E-state index in [1.165, 1.54) is 5.69 Å². The highest BCUT2D eigenvalue weighted by molar-refractivity contribution is 5.68. The summed E-state index contributed by atoms with van der Waals surface area (Å²) in [7, 11) is 0. The average Bonchev–Trinajstić information content (AvgIpc) is 3.26. The quantitative estimate of drug-likeness (QED) is 0.783. The minimum Gasteiger partial charge on any atom is -0.349 e. The van der Waals surface area contributed by atoms with E-state index in [-0.39, 0.29) is 0 Å². The van der Waals surface area contributed by atoms with E-state index in [4.69, 9.17) is 4.98 Å². The lowest BCUT2D eigenvalue weighted by molar-refractivity contribution is 0.718. The molecule has 6 nitrogen and oxygen atoms in total. The van der Waals surface area contributed by atoms with Crippen molar-refractivity contribution in [2.24, 2.45) is 0 Å². The Labute approximate surface area is 141 Å². The highest BCUT2D eigenvalue weighted by Gasteiger charge is 2.22. The third-order valence-corrected chi connectivity index (χ3v) is 4.34. The van der Waals surface area contributed by atoms with Crippen LogP contribution in [0.25, 0.3) is 0 Å². The monoisotopic (exact) mass is 320 g/mol. The van der Waals surface area contributed by atoms with Crippen LogP contribution in [0.15, 0.2) is 49.1 Å². The van der Waals surface area contributed by atoms with Crippen LogP contribution in [-0.2, 0) is 19.5 Å². The van der Waals surface area contributed by atoms with Gasteiger partial charge in [-0.15, -0.1) is 0 Å². The van der Waals surface area contributed by atoms with Crippen LogP contribution in [0.4, 0.5) is 17.3 Å². The molecule has 122 valence electrons. The van der Waals surface area contributed by atoms with Crippen molar-refractivity contribution in [3.63, 3.8) is 0 Å². The van der Waals surface area contributed by atoms with E-state index < -0.39 is 0 Å². The van der Waals surface area contributed by atoms with Gasteiger partial charge in [-0.1, -0.05) is 18.2 Å². The van der Waals surface area contributed by atoms with Gasteiger partial charge < -0.3 is 14.8 Å². The van der Waals surface area contributed by atoms with Gasteiger partial charge in [-0.2, -0.15) is 0 Å². The van der Waals surface area contributed by atoms with Crippen molar-refractivity contribution in [3.8, 4) is 0 Å². The van der Waals surface area contributed by atoms with Crippen molar-refractivity contribution >= 4 is 17.3 Å². The number of aromatic nitrogens is 4. The third kappa shape index (κ3) is 2.71. The second-order valence-corrected chi connectivity index (χ2v) is 5.79. The standard InChI is InChI=1S/C18H20N6/c1-2-23-13-19-10-15(23)11-20-18-21-12-17-16(22-18)8-9-24(17)14-6-4-3-5-7-14/h3-7,10,12-13H,2,8-9,11H2,1H3,(H,20,21,22). The molecule has 0 bridgehead atoms. The lowest BCUT2D eigenvalue weighted by Crippen LogP contribution is -2.13. The first kappa shape index (κ1) is 14.7. The molecule has 0 radical (unpaired) electrons. The molecular formula is C18H20N6. The first-order valence-electron chi connectivity index (χ1n) is 8.26. The Balaban J connectivity index is 1.50. The molecule has 2 aromatic heterocycles. The second kappa shape index (κ2) is 6.31. The molecule has 3 aromatic rings. The van der Waals surface area contributed by atoms with Gasteiger partial charge in [0.2, 0.25) is 5.95 Å². The fraction of sp³-hybridized carbons (Fsp3) is 0.278. The number of imidazole rings is 1. The van der Waals surface area contributed by atoms with Gasteiger partial charge in [0.05, 0.1) is 36.1 Å². The third-order valence-electron chi connectivity index (χ3n) is 4.34. The lowest BCUT2D eigenvalue weighted by Gasteiger charge is -2.18. The van der Waals surface area contributed by atoms with E-state index in [1.807, 2.05) is 24.8 Å². The Hall–Kier alpha value is -2.89. The Bertz CT molecular complexity index is 827. The van der Waals surface area contributed by atoms with Gasteiger partial charge in [-0.3, -0.25) is 0 Å². The molecule has 0 aliphatic carbocycles. The van der Waals surface area contributed by atoms with E-state index in [9.17, 15) is 0 Å². The number of para-hydroxylation sites is 1. The maximum Gasteiger partial charge on any atom is 0.223 e. The summed E-state index contributed by atoms with van der Waals surface area (Å²) in [5, 5.41) is 3.30. The minimum atomic E-state index is 0.674. The average molecular weight is 320 g/mol. The fourth-order valence-electron chi connectivity index (χ4n) is 3.07. The normalized spacial score (nSPS) is 13.1. The molecule has 3 heterocycles. The number of hydrogen-bond donors (Lipinski definition) is 1. The molecule has 4 rings (SSSR count). The maximum absolute atomic E-state index is 4.69. The number of anilines is 3. The van der Waals surface area contributed by atoms with Crippen LogP contribution in [0, 0.1) is 0 Å². The van der Waals surface area contributed by atoms with E-state index >= 15 is 0 Å². The lowest BCUT2D eigenvalue weighted by atomic mass is 10.3. The number of nitrogens with one attached hydrogen (secondary N) is 1. The molecular weight excluding hydrogens is 300 g/mol. The van der Waals surface area contributed by atoms with Crippen molar-refractivity contribution in [3.05, 3.63) is 60.4 Å². The predicted molar refractivity (Wildman–Crippen MR) is 94.4 cm³/mol. The Kier molecular flexibility index (Phi) is 3.86. The number of nitrogens with zero attached hydrogens (tertiary/aromatic N) is 5. The molecule has 0 spiro atoms. The number of fused-ring (bicyclic) bond motifs is 1. The molecule has 1 aliphatic heterocycles. The zero-order valence-electron chi connectivity index (χ0n) is 13.7. The highest BCUT2D eigenvalue weighted by Crippen LogP contribution is 2.33. The van der Waals surface area contributed by atoms with E-state index in [0.717, 1.165) is 36.6 Å². The fourth-order valence-corrected chi connectivity index (χ4v) is 3.07. The molecule has 24 heavy (non-hydrogen) atoms. The molecule has 6 heteroatoms. The number of rotatable bonds is 5. The number of hydrogen-bond acceptors (Lipinski definition) is 5. The molecule has 1 N–H and O–H groups in total. The molecule has 0 saturated carbocycles. The molecule has 0 saturated heterocycles. The number of aryl methyl sites for hydroxylation is 1. The summed E-state index contributed by atoms with van der Waals surface area (Å²) in [6.45, 7) is 4.64. The van der Waals surface area contributed by atoms with Gasteiger partial charge in [-0.05, 0) is 19.1 Å². The van der Waals surface area contributed by atoms with Crippen LogP contribution < -0.4 is 10.2 Å². The van der Waals surface area contributed by atoms with Gasteiger partial charge in [0.25, 0.3) is 0 Å². The first-order valence-corrected chi connectivity index (χ1v) is 8.26. The van der Waals surface area contributed by atoms with Crippen LogP contribution >= 0.6 is 0 Å². The summed E-state index contributed by atoms with van der Waals surface area (Å²) in [6.07, 6.45) is 6.58. The van der Waals surface area contributed by atoms with Crippen molar-refractivity contribution in [1.82, 2.24) is 19.5 Å². The largest absolute Gasteiger partial charge is 0.349 e. The van der Waals surface area contributed by atoms with Crippen molar-refractivity contribution < 1.29 is 0 Å². The summed E-state index contributed by atoms with van der Waals surface area (Å²) in [5.41, 5.74) is 4.52. The van der Waals surface area contributed by atoms with Crippen LogP contribution in [-0.4, -0.2) is 26.1 Å². The van der Waals surface area contributed by atoms with Gasteiger partial charge in [0.1, 0.15) is 0 Å². The summed E-state index contributed by atoms with van der Waals surface area (Å²) in [5.74, 6) is 0.674. The summed E-state index contributed by atoms with van der Waals surface area (Å²) >= 11 is 0. The SMILES string of the molecule is CCn1cncc1CNc1ncc2c(n1)CCN2c1ccccc1. The van der Waals surface area contributed by atoms with Crippen molar-refractivity contribution in [2.45, 2.75) is 26.4 Å². The van der Waals surface area contributed by atoms with Gasteiger partial charge in [0.15, 0.2) is 0 Å². The molecule has 0 amide bonds. The topological polar surface area (TPSA) is 58.9 Å². The summed E-state index contributed by atoms with van der Waals surface area (Å²) < 4.78 is 2.11. The zero-order valence-corrected chi connectivity index (χ0v) is 13.7. The molecule has 1 aromatic carbocycles. The molecule has 0 fully saturated rings. The molecule has 0 atom stereocenters. The summed E-state index contributed by atoms with van der Waals surface area (Å²) in [6, 6.07) is 10.4. The smallest absolute Gasteiger partial charge is 0.223 e. The second-order valence-electron chi connectivity index (χ2n) is 5.79. The van der Waals surface area contributed by atoms with E-state index in [2.05, 4.69) is 55.9 Å². The van der Waals surface area contributed by atoms with Gasteiger partial charge in [-0.25, -0.2) is 15.0 Å². The Morgan fingerprint density at radius 1 is 1.17 bits per heavy atom. The summed E-state index contributed by atoms with van der Waals surface area (Å²) in [4.78, 5) is 15.6. The highest BCUT2D eigenvalue weighted by atomic mass is 15.2. The van der Waals surface area contributed by atoms with Crippen molar-refractivity contribution in [1.29, 1.82) is 0 Å². The Morgan fingerprint density at radius 3 is 2.88 bits per heavy atom. The maximum atomic E-state index is 4.69. The van der Waals surface area contributed by atoms with E-state index in [1.54, 1.807) is 0 Å². The van der Waals surface area contributed by atoms with Gasteiger partial charge >= 0.3 is 0 Å². The van der Waals surface area contributed by atoms with Crippen LogP contribution in [0.1, 0.15) is 18.3 Å². The predicted octanol–water partition coefficient (Wildman–Crippen LogP) is 3.00. The van der Waals surface area contributed by atoms with Crippen LogP contribution in [0.2, 0.25) is 0 Å². The number of benzene rings is 1. The van der Waals surface area contributed by atoms with E-state index in [0.29, 0.717) is 12.5 Å². The molecule has 0 unspecified atom stereocenters. The molecule has 1 aliphatic rings. The van der Waals surface area contributed by atoms with Crippen molar-refractivity contribution in [2.75, 3.05) is 16.8 Å². The van der Waals surface area contributed by atoms with Gasteiger partial charge in [0, 0.05) is 31.4 Å². The zero-order chi connectivity index (χ0) is 16.4. The minimum absolute atomic E-state index is 0.674. The Morgan fingerprint density at radius 2 is 2.04 bits per heavy atom. The van der Waals surface area contributed by atoms with Crippen LogP contribution in [0.5, 0.6) is 0 Å².